The van der Waals surface area contributed by atoms with Gasteiger partial charge in [0.1, 0.15) is 256 Å². The molecule has 56 atom stereocenters. The Kier molecular flexibility index (Phi) is 42.7. The molecule has 64 nitrogen and oxygen atoms in total. The zero-order chi connectivity index (χ0) is 107. The molecule has 0 aliphatic carbocycles. The summed E-state index contributed by atoms with van der Waals surface area (Å²) in [6.45, 7) is -5.30. The molecule has 11 rings (SSSR count). The Balaban J connectivity index is 0.937. The summed E-state index contributed by atoms with van der Waals surface area (Å²) >= 11 is 0. The van der Waals surface area contributed by atoms with Crippen LogP contribution in [0.5, 0.6) is 0 Å². The topological polar surface area (TPSA) is 992 Å². The molecule has 0 saturated carbocycles. The average molecular weight is 2120 g/mol. The normalized spacial score (nSPS) is 47.2. The molecule has 64 heteroatoms. The highest BCUT2D eigenvalue weighted by Gasteiger charge is 2.65. The minimum absolute atomic E-state index is 0.843. The summed E-state index contributed by atoms with van der Waals surface area (Å²) in [5.41, 5.74) is 0. The number of nitrogens with one attached hydrogen (secondary N) is 6. The van der Waals surface area contributed by atoms with Crippen molar-refractivity contribution in [2.75, 3.05) is 66.1 Å². The number of carboxylic acids is 1. The Morgan fingerprint density at radius 3 is 1.10 bits per heavy atom. The third-order valence-electron chi connectivity index (χ3n) is 26.3. The third kappa shape index (κ3) is 26.9. The van der Waals surface area contributed by atoms with Gasteiger partial charge in [0, 0.05) is 48.0 Å². The summed E-state index contributed by atoms with van der Waals surface area (Å²) in [6.07, 6.45) is -109. The molecule has 836 valence electrons. The highest BCUT2D eigenvalue weighted by molar-refractivity contribution is 5.77. The van der Waals surface area contributed by atoms with Crippen molar-refractivity contribution in [2.45, 2.75) is 398 Å². The molecule has 0 unspecified atom stereocenters. The zero-order valence-electron chi connectivity index (χ0n) is 78.4. The summed E-state index contributed by atoms with van der Waals surface area (Å²) < 4.78 is 126. The number of carbonyl (C=O) groups is 7. The van der Waals surface area contributed by atoms with E-state index < -0.39 is 457 Å². The Morgan fingerprint density at radius 1 is 0.297 bits per heavy atom. The minimum Gasteiger partial charge on any atom is -0.477 e. The van der Waals surface area contributed by atoms with E-state index in [1.807, 2.05) is 0 Å². The second-order valence-electron chi connectivity index (χ2n) is 36.7. The number of aliphatic carboxylic acids is 1. The number of aliphatic hydroxyl groups is 29. The predicted octanol–water partition coefficient (Wildman–Crippen LogP) is -23.9. The Labute approximate surface area is 821 Å². The average Bonchev–Trinajstić information content (AvgIpc) is 0.729. The molecule has 0 aromatic rings. The molecule has 11 saturated heterocycles. The van der Waals surface area contributed by atoms with Crippen molar-refractivity contribution in [1.29, 1.82) is 0 Å². The van der Waals surface area contributed by atoms with E-state index in [0.717, 1.165) is 41.5 Å². The van der Waals surface area contributed by atoms with Crippen LogP contribution in [0, 0.1) is 0 Å². The van der Waals surface area contributed by atoms with Crippen molar-refractivity contribution in [3.05, 3.63) is 0 Å². The molecule has 6 amide bonds. The predicted molar refractivity (Wildman–Crippen MR) is 448 cm³/mol. The summed E-state index contributed by atoms with van der Waals surface area (Å²) in [5.74, 6) is -11.4. The molecular formula is C81H134N6O58. The maximum atomic E-state index is 13.5. The quantitative estimate of drug-likeness (QED) is 0.0272. The van der Waals surface area contributed by atoms with Gasteiger partial charge in [0.05, 0.1) is 84.3 Å². The van der Waals surface area contributed by atoms with Crippen LogP contribution in [0.15, 0.2) is 0 Å². The molecule has 11 aliphatic heterocycles. The lowest BCUT2D eigenvalue weighted by molar-refractivity contribution is -0.399. The first-order valence-corrected chi connectivity index (χ1v) is 46.1. The number of rotatable bonds is 39. The minimum atomic E-state index is -3.37. The van der Waals surface area contributed by atoms with Crippen LogP contribution < -0.4 is 31.9 Å². The first kappa shape index (κ1) is 120. The van der Waals surface area contributed by atoms with E-state index in [1.165, 1.54) is 6.92 Å². The van der Waals surface area contributed by atoms with E-state index in [9.17, 15) is 187 Å². The first-order valence-electron chi connectivity index (χ1n) is 46.1. The maximum Gasteiger partial charge on any atom is 0.364 e. The molecule has 11 fully saturated rings. The van der Waals surface area contributed by atoms with E-state index in [2.05, 4.69) is 31.9 Å². The zero-order valence-corrected chi connectivity index (χ0v) is 78.4. The van der Waals surface area contributed by atoms with Crippen LogP contribution >= 0.6 is 0 Å². The van der Waals surface area contributed by atoms with Gasteiger partial charge in [0.25, 0.3) is 5.79 Å². The Hall–Kier alpha value is -5.71. The molecule has 11 aliphatic rings. The first-order chi connectivity index (χ1) is 68.4. The Morgan fingerprint density at radius 2 is 0.628 bits per heavy atom. The van der Waals surface area contributed by atoms with Gasteiger partial charge in [-0.25, -0.2) is 4.79 Å². The lowest BCUT2D eigenvalue weighted by Crippen LogP contribution is -2.71. The molecule has 0 aromatic carbocycles. The highest BCUT2D eigenvalue weighted by Crippen LogP contribution is 2.44. The van der Waals surface area contributed by atoms with Gasteiger partial charge < -0.3 is 285 Å². The van der Waals surface area contributed by atoms with Crippen LogP contribution in [0.25, 0.3) is 0 Å². The number of hydrogen-bond donors (Lipinski definition) is 36. The van der Waals surface area contributed by atoms with Gasteiger partial charge >= 0.3 is 5.97 Å². The van der Waals surface area contributed by atoms with E-state index in [4.69, 9.17) is 99.5 Å². The fourth-order valence-electron chi connectivity index (χ4n) is 18.8. The van der Waals surface area contributed by atoms with Gasteiger partial charge in [-0.15, -0.1) is 0 Å². The fraction of sp³-hybridized carbons (Fsp3) is 0.914. The lowest BCUT2D eigenvalue weighted by Gasteiger charge is -2.51. The van der Waals surface area contributed by atoms with Crippen LogP contribution in [0.4, 0.5) is 0 Å². The molecule has 0 bridgehead atoms. The maximum absolute atomic E-state index is 13.5. The van der Waals surface area contributed by atoms with Gasteiger partial charge in [-0.05, 0) is 6.92 Å². The second kappa shape index (κ2) is 51.8. The molecule has 145 heavy (non-hydrogen) atoms. The van der Waals surface area contributed by atoms with Gasteiger partial charge in [0.15, 0.2) is 62.9 Å². The van der Waals surface area contributed by atoms with E-state index in [1.54, 1.807) is 0 Å². The molecule has 11 heterocycles. The molecule has 36 N–H and O–H groups in total. The number of carbonyl (C=O) groups excluding carboxylic acids is 6. The van der Waals surface area contributed by atoms with Crippen molar-refractivity contribution < 1.29 is 286 Å². The van der Waals surface area contributed by atoms with E-state index in [-0.39, 0.29) is 0 Å². The van der Waals surface area contributed by atoms with Crippen molar-refractivity contribution in [3.63, 3.8) is 0 Å². The van der Waals surface area contributed by atoms with Gasteiger partial charge in [-0.3, -0.25) is 28.8 Å². The number of ether oxygens (including phenoxy) is 21. The molecular weight excluding hydrogens is 1980 g/mol. The Bertz CT molecular complexity index is 4150. The van der Waals surface area contributed by atoms with Crippen molar-refractivity contribution in [3.8, 4) is 0 Å². The number of aliphatic hydroxyl groups excluding tert-OH is 29. The van der Waals surface area contributed by atoms with Gasteiger partial charge in [-0.2, -0.15) is 0 Å². The van der Waals surface area contributed by atoms with Gasteiger partial charge in [-0.1, -0.05) is 0 Å². The smallest absolute Gasteiger partial charge is 0.364 e. The summed E-state index contributed by atoms with van der Waals surface area (Å²) in [4.78, 5) is 90.9. The molecule has 0 aromatic heterocycles. The van der Waals surface area contributed by atoms with Gasteiger partial charge in [0.2, 0.25) is 35.4 Å². The highest BCUT2D eigenvalue weighted by atomic mass is 16.8. The van der Waals surface area contributed by atoms with Crippen LogP contribution in [0.1, 0.15) is 54.9 Å². The van der Waals surface area contributed by atoms with Crippen LogP contribution in [0.2, 0.25) is 0 Å². The molecule has 0 radical (unpaired) electrons. The number of carboxylic acid groups (broad SMARTS) is 1. The lowest BCUT2D eigenvalue weighted by atomic mass is 9.88. The third-order valence-corrected chi connectivity index (χ3v) is 26.3. The van der Waals surface area contributed by atoms with Crippen LogP contribution in [-0.2, 0) is 133 Å². The largest absolute Gasteiger partial charge is 0.477 e. The standard InChI is InChI=1S/C81H134N6O58/c1-19-43(104)55(116)58(119)75(127-19)125-18-36-63(52(113)38(70(122)128-36)83-21(3)97)138-72-40(85-23(5)99)54(115)62(34(16-95)134-72)139-76-59(120)66(141-79-69(57(118)47(108)30(12-91)133-79)143-73-41(86-24(6)100)53(114)61(33(15-94)135-73)137-71-39(84-22(4)98)51(112)45(106)28(10-89)129-71)50(111)35(136-76)17-126-78-68(56(117)46(107)29(11-90)132-78)142-74-42(87-25(7)101)64(48(109)31(13-92)130-74)140-77-60(121)67(49(110)32(14-93)131-77)145-81(80(123)124)8-26(102)37(82-20(2)96)65(144-81)44(105)27(103)9-88/h19,26-79,88-95,102-122H,8-18H2,1-7H3,(H,82,96)(H,83,97)(H,84,98)(H,85,99)(H,86,100)(H,87,101)(H,123,124)/t19-,26-,27+,28+,29+,30+,31+,32+,33+,34+,35+,36+,37+,38+,39+,40+,41+,42+,43+,44+,45-,46+,47+,48+,49-,50+,51+,52+,53+,54+,55+,56-,57-,58-,59-,60+,61+,62+,63+,64+,65+,66-,67-,68-,69-,70+,71-,72-,73-,74-,75+,76-,77-,78-,79+,81-/m0/s1. The van der Waals surface area contributed by atoms with Crippen molar-refractivity contribution in [2.24, 2.45) is 0 Å². The van der Waals surface area contributed by atoms with Crippen molar-refractivity contribution in [1.82, 2.24) is 31.9 Å². The SMILES string of the molecule is CC(=O)N[C@@H]1[C@@H](O)[C@H](O[C@@H]2O[C@H](CO)[C@@H](O[C@@H]3O[C@H](CO[C@H]4O[C@H](CO)[C@@H](O)[C@H](O)[C@@H]4O[C@@H]4O[C@H](CO)[C@@H](O)[C@H](O[C@@H]5O[C@H](CO)[C@H](O)[C@H](O[C@]6(C(=O)O)C[C@H](O)[C@@H](NC(C)=O)[C@H]([C@H](O)[C@H](O)CO)O6)[C@H]5O)[C@H]4NC(C)=O)[C@@H](O)[C@H](O[C@H]4O[C@H](CO)[C@@H](O)[C@H](O)[C@@H]4O[C@@H]4O[C@H](CO)[C@@H](O[C@@H]5O[C@H](CO)[C@H](O)[C@H](O)[C@H]5NC(C)=O)[C@H](O)[C@H]4NC(C)=O)[C@@H]3O)[C@H](O)[C@H]2NC(C)=O)[C@@H](CO[C@@H]2O[C@@H](C)[C@@H](O)[C@@H](O)[C@@H]2O)O[C@H]1O. The molecule has 0 spiro atoms. The van der Waals surface area contributed by atoms with Crippen molar-refractivity contribution >= 4 is 41.4 Å². The summed E-state index contributed by atoms with van der Waals surface area (Å²) in [5, 5.41) is 355. The number of hydrogen-bond acceptors (Lipinski definition) is 57. The summed E-state index contributed by atoms with van der Waals surface area (Å²) in [7, 11) is 0. The van der Waals surface area contributed by atoms with E-state index in [0.29, 0.717) is 0 Å². The fourth-order valence-corrected chi connectivity index (χ4v) is 18.8. The summed E-state index contributed by atoms with van der Waals surface area (Å²) in [6, 6.07) is -11.6. The van der Waals surface area contributed by atoms with Crippen LogP contribution in [-0.4, -0.2) is 604 Å². The second-order valence-corrected chi connectivity index (χ2v) is 36.7. The van der Waals surface area contributed by atoms with Crippen LogP contribution in [0.3, 0.4) is 0 Å². The monoisotopic (exact) mass is 2120 g/mol. The number of amides is 6. The van der Waals surface area contributed by atoms with E-state index >= 15 is 0 Å².